The summed E-state index contributed by atoms with van der Waals surface area (Å²) >= 11 is 0. The van der Waals surface area contributed by atoms with E-state index in [0.29, 0.717) is 12.1 Å². The number of nitrogens with one attached hydrogen (secondary N) is 1. The Morgan fingerprint density at radius 3 is 2.35 bits per heavy atom. The van der Waals surface area contributed by atoms with E-state index in [4.69, 9.17) is 9.47 Å². The number of allylic oxidation sites excluding steroid dienone is 1. The standard InChI is InChI=1S/C26H29N3O5/c1-19(21-12-7-4-8-13-21)29(17-24(30)33-2)25(31)23(16-22-14-9-15-27-22)28-26(32)34-18-20-10-5-3-6-11-20/h3-8,10-15,19,23H,9,16-18H2,1-2H3,(H,28,32). The fraction of sp³-hybridized carbons (Fsp3) is 0.308. The van der Waals surface area contributed by atoms with Crippen molar-refractivity contribution in [2.45, 2.75) is 38.5 Å². The second-order valence-corrected chi connectivity index (χ2v) is 7.83. The molecule has 0 bridgehead atoms. The molecule has 1 heterocycles. The topological polar surface area (TPSA) is 97.3 Å². The molecule has 2 aromatic rings. The van der Waals surface area contributed by atoms with Crippen LogP contribution < -0.4 is 5.32 Å². The van der Waals surface area contributed by atoms with Crippen LogP contribution in [0.5, 0.6) is 0 Å². The number of amides is 2. The lowest BCUT2D eigenvalue weighted by Crippen LogP contribution is -2.51. The highest BCUT2D eigenvalue weighted by Gasteiger charge is 2.32. The number of ether oxygens (including phenoxy) is 2. The van der Waals surface area contributed by atoms with E-state index in [2.05, 4.69) is 10.3 Å². The number of hydrogen-bond donors (Lipinski definition) is 1. The molecule has 1 aliphatic heterocycles. The van der Waals surface area contributed by atoms with Crippen molar-refractivity contribution in [1.29, 1.82) is 0 Å². The monoisotopic (exact) mass is 463 g/mol. The van der Waals surface area contributed by atoms with Crippen molar-refractivity contribution >= 4 is 24.2 Å². The Morgan fingerprint density at radius 1 is 1.06 bits per heavy atom. The fourth-order valence-corrected chi connectivity index (χ4v) is 3.58. The molecule has 178 valence electrons. The number of benzene rings is 2. The third-order valence-corrected chi connectivity index (χ3v) is 5.49. The molecule has 34 heavy (non-hydrogen) atoms. The summed E-state index contributed by atoms with van der Waals surface area (Å²) in [6, 6.07) is 17.2. The molecule has 0 aromatic heterocycles. The fourth-order valence-electron chi connectivity index (χ4n) is 3.58. The predicted molar refractivity (Wildman–Crippen MR) is 128 cm³/mol. The normalized spacial score (nSPS) is 14.0. The molecule has 0 saturated carbocycles. The molecule has 2 amide bonds. The first kappa shape index (κ1) is 24.7. The van der Waals surface area contributed by atoms with Gasteiger partial charge in [-0.2, -0.15) is 0 Å². The van der Waals surface area contributed by atoms with Gasteiger partial charge in [-0.15, -0.1) is 0 Å². The zero-order valence-corrected chi connectivity index (χ0v) is 19.3. The number of esters is 1. The average molecular weight is 464 g/mol. The van der Waals surface area contributed by atoms with Gasteiger partial charge in [0.15, 0.2) is 0 Å². The Bertz CT molecular complexity index is 1040. The van der Waals surface area contributed by atoms with Crippen LogP contribution in [0.2, 0.25) is 0 Å². The Hall–Kier alpha value is -3.94. The van der Waals surface area contributed by atoms with Crippen molar-refractivity contribution in [2.24, 2.45) is 4.99 Å². The lowest BCUT2D eigenvalue weighted by Gasteiger charge is -2.32. The smallest absolute Gasteiger partial charge is 0.408 e. The number of hydrogen-bond acceptors (Lipinski definition) is 6. The van der Waals surface area contributed by atoms with E-state index in [-0.39, 0.29) is 19.6 Å². The first-order valence-corrected chi connectivity index (χ1v) is 11.1. The van der Waals surface area contributed by atoms with Gasteiger partial charge in [-0.05, 0) is 18.1 Å². The van der Waals surface area contributed by atoms with Gasteiger partial charge in [-0.3, -0.25) is 14.6 Å². The first-order chi connectivity index (χ1) is 16.5. The molecule has 0 fully saturated rings. The van der Waals surface area contributed by atoms with Crippen LogP contribution in [0.3, 0.4) is 0 Å². The highest BCUT2D eigenvalue weighted by molar-refractivity contribution is 5.89. The van der Waals surface area contributed by atoms with Crippen molar-refractivity contribution in [3.63, 3.8) is 0 Å². The number of methoxy groups -OCH3 is 1. The van der Waals surface area contributed by atoms with Gasteiger partial charge in [0.2, 0.25) is 5.91 Å². The van der Waals surface area contributed by atoms with Crippen LogP contribution in [-0.2, 0) is 25.7 Å². The minimum atomic E-state index is -0.972. The maximum absolute atomic E-state index is 13.7. The predicted octanol–water partition coefficient (Wildman–Crippen LogP) is 3.79. The van der Waals surface area contributed by atoms with Crippen LogP contribution >= 0.6 is 0 Å². The van der Waals surface area contributed by atoms with E-state index < -0.39 is 30.1 Å². The Balaban J connectivity index is 1.79. The number of carbonyl (C=O) groups excluding carboxylic acids is 3. The second kappa shape index (κ2) is 12.3. The van der Waals surface area contributed by atoms with E-state index in [1.165, 1.54) is 12.0 Å². The molecule has 3 rings (SSSR count). The molecule has 0 saturated heterocycles. The summed E-state index contributed by atoms with van der Waals surface area (Å²) in [6.07, 6.45) is 3.75. The molecule has 2 unspecified atom stereocenters. The van der Waals surface area contributed by atoms with E-state index in [9.17, 15) is 14.4 Å². The largest absolute Gasteiger partial charge is 0.468 e. The third kappa shape index (κ3) is 7.03. The lowest BCUT2D eigenvalue weighted by molar-refractivity contribution is -0.149. The van der Waals surface area contributed by atoms with Crippen molar-refractivity contribution in [3.05, 3.63) is 83.6 Å². The van der Waals surface area contributed by atoms with Gasteiger partial charge >= 0.3 is 12.1 Å². The average Bonchev–Trinajstić information content (AvgIpc) is 3.39. The Morgan fingerprint density at radius 2 is 1.74 bits per heavy atom. The summed E-state index contributed by atoms with van der Waals surface area (Å²) < 4.78 is 10.1. The van der Waals surface area contributed by atoms with Gasteiger partial charge in [0.25, 0.3) is 0 Å². The van der Waals surface area contributed by atoms with Gasteiger partial charge in [0.05, 0.1) is 13.2 Å². The van der Waals surface area contributed by atoms with Crippen LogP contribution in [0.15, 0.2) is 77.4 Å². The quantitative estimate of drug-likeness (QED) is 0.541. The zero-order chi connectivity index (χ0) is 24.3. The molecule has 0 radical (unpaired) electrons. The highest BCUT2D eigenvalue weighted by Crippen LogP contribution is 2.23. The number of aliphatic imine (C=N–C) groups is 1. The minimum Gasteiger partial charge on any atom is -0.468 e. The van der Waals surface area contributed by atoms with Crippen molar-refractivity contribution in [3.8, 4) is 0 Å². The minimum absolute atomic E-state index is 0.0702. The van der Waals surface area contributed by atoms with E-state index in [0.717, 1.165) is 11.1 Å². The molecular weight excluding hydrogens is 434 g/mol. The zero-order valence-electron chi connectivity index (χ0n) is 19.3. The summed E-state index contributed by atoms with van der Waals surface area (Å²) in [6.45, 7) is 1.64. The van der Waals surface area contributed by atoms with Crippen LogP contribution in [0.4, 0.5) is 4.79 Å². The molecule has 1 N–H and O–H groups in total. The van der Waals surface area contributed by atoms with Gasteiger partial charge in [-0.25, -0.2) is 4.79 Å². The van der Waals surface area contributed by atoms with Crippen LogP contribution in [0.1, 0.15) is 36.9 Å². The van der Waals surface area contributed by atoms with Crippen molar-refractivity contribution < 1.29 is 23.9 Å². The van der Waals surface area contributed by atoms with Crippen molar-refractivity contribution in [2.75, 3.05) is 13.7 Å². The maximum Gasteiger partial charge on any atom is 0.408 e. The number of carbonyl (C=O) groups is 3. The Kier molecular flexibility index (Phi) is 8.96. The van der Waals surface area contributed by atoms with Crippen LogP contribution in [0.25, 0.3) is 0 Å². The maximum atomic E-state index is 13.7. The first-order valence-electron chi connectivity index (χ1n) is 11.1. The summed E-state index contributed by atoms with van der Waals surface area (Å²) in [5, 5.41) is 2.67. The van der Waals surface area contributed by atoms with Gasteiger partial charge in [-0.1, -0.05) is 66.7 Å². The van der Waals surface area contributed by atoms with E-state index >= 15 is 0 Å². The summed E-state index contributed by atoms with van der Waals surface area (Å²) in [7, 11) is 1.27. The van der Waals surface area contributed by atoms with Crippen molar-refractivity contribution in [1.82, 2.24) is 10.2 Å². The number of nitrogens with zero attached hydrogens (tertiary/aromatic N) is 2. The summed E-state index contributed by atoms with van der Waals surface area (Å²) in [5.74, 6) is -0.985. The van der Waals surface area contributed by atoms with Gasteiger partial charge < -0.3 is 19.7 Å². The second-order valence-electron chi connectivity index (χ2n) is 7.83. The van der Waals surface area contributed by atoms with Crippen LogP contribution in [0, 0.1) is 0 Å². The number of alkyl carbamates (subject to hydrolysis) is 1. The van der Waals surface area contributed by atoms with Crippen LogP contribution in [-0.4, -0.2) is 48.8 Å². The highest BCUT2D eigenvalue weighted by atomic mass is 16.5. The summed E-state index contributed by atoms with van der Waals surface area (Å²) in [5.41, 5.74) is 2.36. The molecule has 8 nitrogen and oxygen atoms in total. The van der Waals surface area contributed by atoms with E-state index in [1.54, 1.807) is 6.21 Å². The molecule has 0 aliphatic carbocycles. The molecule has 0 spiro atoms. The molecule has 8 heteroatoms. The summed E-state index contributed by atoms with van der Waals surface area (Å²) in [4.78, 5) is 44.1. The molecular formula is C26H29N3O5. The van der Waals surface area contributed by atoms with Gasteiger partial charge in [0, 0.05) is 24.8 Å². The Labute approximate surface area is 199 Å². The molecule has 2 aromatic carbocycles. The lowest BCUT2D eigenvalue weighted by atomic mass is 10.0. The molecule has 2 atom stereocenters. The van der Waals surface area contributed by atoms with Gasteiger partial charge in [0.1, 0.15) is 19.2 Å². The third-order valence-electron chi connectivity index (χ3n) is 5.49. The molecule has 1 aliphatic rings. The number of rotatable bonds is 10. The van der Waals surface area contributed by atoms with E-state index in [1.807, 2.05) is 73.7 Å². The SMILES string of the molecule is COC(=O)CN(C(=O)C(CC1=CCC=N1)NC(=O)OCc1ccccc1)C(C)c1ccccc1.